The number of nitrogens with zero attached hydrogens (tertiary/aromatic N) is 1. The predicted octanol–water partition coefficient (Wildman–Crippen LogP) is 3.13. The van der Waals surface area contributed by atoms with Crippen LogP contribution in [-0.4, -0.2) is 24.2 Å². The van der Waals surface area contributed by atoms with Crippen molar-refractivity contribution in [3.63, 3.8) is 0 Å². The van der Waals surface area contributed by atoms with Crippen LogP contribution < -0.4 is 20.5 Å². The number of ether oxygens (including phenoxy) is 2. The van der Waals surface area contributed by atoms with Gasteiger partial charge in [0.2, 0.25) is 0 Å². The van der Waals surface area contributed by atoms with Crippen LogP contribution in [0.1, 0.15) is 5.69 Å². The summed E-state index contributed by atoms with van der Waals surface area (Å²) in [4.78, 5) is 4.32. The van der Waals surface area contributed by atoms with E-state index in [1.165, 1.54) is 0 Å². The molecule has 1 aromatic carbocycles. The molecule has 0 unspecified atom stereocenters. The second kappa shape index (κ2) is 6.60. The molecule has 0 atom stereocenters. The van der Waals surface area contributed by atoms with Crippen LogP contribution in [0.2, 0.25) is 5.02 Å². The first kappa shape index (κ1) is 15.3. The molecule has 5 nitrogen and oxygen atoms in total. The number of aromatic nitrogens is 1. The molecule has 0 fully saturated rings. The van der Waals surface area contributed by atoms with E-state index in [0.29, 0.717) is 27.9 Å². The number of hydrogen-bond donors (Lipinski definition) is 2. The second-order valence-corrected chi connectivity index (χ2v) is 4.95. The molecule has 0 amide bonds. The summed E-state index contributed by atoms with van der Waals surface area (Å²) in [5, 5.41) is 3.67. The number of methoxy groups -OCH3 is 2. The van der Waals surface area contributed by atoms with Crippen LogP contribution in [0.4, 0.5) is 11.4 Å². The van der Waals surface area contributed by atoms with Crippen LogP contribution in [-0.2, 0) is 0 Å². The zero-order valence-electron chi connectivity index (χ0n) is 11.5. The van der Waals surface area contributed by atoms with Gasteiger partial charge in [0.15, 0.2) is 0 Å². The number of benzene rings is 1. The molecular formula is C14H14ClN3O2S. The van der Waals surface area contributed by atoms with Gasteiger partial charge in [-0.25, -0.2) is 0 Å². The summed E-state index contributed by atoms with van der Waals surface area (Å²) in [6, 6.07) is 6.98. The van der Waals surface area contributed by atoms with Gasteiger partial charge in [0.25, 0.3) is 0 Å². The second-order valence-electron chi connectivity index (χ2n) is 4.11. The summed E-state index contributed by atoms with van der Waals surface area (Å²) >= 11 is 11.0. The number of pyridine rings is 1. The van der Waals surface area contributed by atoms with Gasteiger partial charge in [-0.05, 0) is 12.1 Å². The highest BCUT2D eigenvalue weighted by Gasteiger charge is 2.10. The molecule has 1 heterocycles. The lowest BCUT2D eigenvalue weighted by molar-refractivity contribution is 0.405. The van der Waals surface area contributed by atoms with Crippen LogP contribution in [0.5, 0.6) is 11.5 Å². The lowest BCUT2D eigenvalue weighted by Gasteiger charge is -2.14. The van der Waals surface area contributed by atoms with Gasteiger partial charge in [-0.3, -0.25) is 4.98 Å². The van der Waals surface area contributed by atoms with Crippen LogP contribution in [0.15, 0.2) is 30.5 Å². The largest absolute Gasteiger partial charge is 0.495 e. The molecule has 21 heavy (non-hydrogen) atoms. The standard InChI is InChI=1S/C14H14ClN3O2S/c1-19-12-7-10(13(20-2)6-9(12)15)18-8-3-4-17-11(5-8)14(16)21/h3-7H,1-2H3,(H2,16,21)(H,17,18). The normalized spacial score (nSPS) is 10.0. The highest BCUT2D eigenvalue weighted by Crippen LogP contribution is 2.37. The third-order valence-corrected chi connectivity index (χ3v) is 3.27. The molecule has 7 heteroatoms. The van der Waals surface area contributed by atoms with E-state index in [4.69, 9.17) is 39.0 Å². The maximum atomic E-state index is 6.07. The molecule has 0 aliphatic carbocycles. The Morgan fingerprint density at radius 1 is 1.24 bits per heavy atom. The van der Waals surface area contributed by atoms with Crippen LogP contribution in [0, 0.1) is 0 Å². The average Bonchev–Trinajstić information content (AvgIpc) is 2.48. The lowest BCUT2D eigenvalue weighted by Crippen LogP contribution is -2.11. The fourth-order valence-electron chi connectivity index (χ4n) is 1.76. The Hall–Kier alpha value is -2.05. The van der Waals surface area contributed by atoms with Crippen molar-refractivity contribution in [3.8, 4) is 11.5 Å². The number of anilines is 2. The summed E-state index contributed by atoms with van der Waals surface area (Å²) in [5.74, 6) is 1.14. The van der Waals surface area contributed by atoms with Crippen molar-refractivity contribution in [1.29, 1.82) is 0 Å². The minimum Gasteiger partial charge on any atom is -0.495 e. The summed E-state index contributed by atoms with van der Waals surface area (Å²) < 4.78 is 10.5. The monoisotopic (exact) mass is 323 g/mol. The number of nitrogens with two attached hydrogens (primary N) is 1. The van der Waals surface area contributed by atoms with Gasteiger partial charge >= 0.3 is 0 Å². The van der Waals surface area contributed by atoms with E-state index in [2.05, 4.69) is 10.3 Å². The maximum absolute atomic E-state index is 6.07. The molecule has 2 aromatic rings. The molecule has 0 aliphatic rings. The topological polar surface area (TPSA) is 69.4 Å². The smallest absolute Gasteiger partial charge is 0.144 e. The Kier molecular flexibility index (Phi) is 4.82. The Morgan fingerprint density at radius 3 is 2.57 bits per heavy atom. The van der Waals surface area contributed by atoms with E-state index in [1.807, 2.05) is 0 Å². The third-order valence-electron chi connectivity index (χ3n) is 2.77. The first-order valence-corrected chi connectivity index (χ1v) is 6.78. The van der Waals surface area contributed by atoms with Crippen LogP contribution in [0.3, 0.4) is 0 Å². The lowest BCUT2D eigenvalue weighted by atomic mass is 10.2. The van der Waals surface area contributed by atoms with E-state index in [1.54, 1.807) is 44.7 Å². The molecule has 110 valence electrons. The summed E-state index contributed by atoms with van der Waals surface area (Å²) in [6.45, 7) is 0. The Labute approximate surface area is 133 Å². The molecule has 0 aliphatic heterocycles. The van der Waals surface area contributed by atoms with Crippen molar-refractivity contribution in [2.45, 2.75) is 0 Å². The minimum absolute atomic E-state index is 0.235. The Balaban J connectivity index is 2.38. The average molecular weight is 324 g/mol. The zero-order chi connectivity index (χ0) is 15.4. The first-order chi connectivity index (χ1) is 10.0. The molecule has 3 N–H and O–H groups in total. The molecule has 0 saturated heterocycles. The third kappa shape index (κ3) is 3.53. The first-order valence-electron chi connectivity index (χ1n) is 5.99. The van der Waals surface area contributed by atoms with Crippen LogP contribution >= 0.6 is 23.8 Å². The number of halogens is 1. The minimum atomic E-state index is 0.235. The van der Waals surface area contributed by atoms with Crippen molar-refractivity contribution < 1.29 is 9.47 Å². The number of thiocarbonyl (C=S) groups is 1. The zero-order valence-corrected chi connectivity index (χ0v) is 13.1. The van der Waals surface area contributed by atoms with Gasteiger partial charge < -0.3 is 20.5 Å². The summed E-state index contributed by atoms with van der Waals surface area (Å²) in [5.41, 5.74) is 7.59. The molecule has 0 saturated carbocycles. The molecular weight excluding hydrogens is 310 g/mol. The summed E-state index contributed by atoms with van der Waals surface area (Å²) in [7, 11) is 3.12. The fourth-order valence-corrected chi connectivity index (χ4v) is 2.10. The highest BCUT2D eigenvalue weighted by atomic mass is 35.5. The van der Waals surface area contributed by atoms with Gasteiger partial charge in [0, 0.05) is 24.0 Å². The molecule has 2 rings (SSSR count). The highest BCUT2D eigenvalue weighted by molar-refractivity contribution is 7.80. The Bertz CT molecular complexity index is 679. The van der Waals surface area contributed by atoms with Crippen molar-refractivity contribution in [1.82, 2.24) is 4.98 Å². The number of rotatable bonds is 5. The molecule has 0 bridgehead atoms. The van der Waals surface area contributed by atoms with E-state index in [-0.39, 0.29) is 4.99 Å². The number of hydrogen-bond acceptors (Lipinski definition) is 5. The van der Waals surface area contributed by atoms with E-state index in [9.17, 15) is 0 Å². The van der Waals surface area contributed by atoms with Crippen molar-refractivity contribution in [2.24, 2.45) is 5.73 Å². The van der Waals surface area contributed by atoms with Crippen molar-refractivity contribution >= 4 is 40.2 Å². The predicted molar refractivity (Wildman–Crippen MR) is 88.0 cm³/mol. The van der Waals surface area contributed by atoms with E-state index >= 15 is 0 Å². The van der Waals surface area contributed by atoms with Crippen molar-refractivity contribution in [3.05, 3.63) is 41.2 Å². The fraction of sp³-hybridized carbons (Fsp3) is 0.143. The van der Waals surface area contributed by atoms with Crippen molar-refractivity contribution in [2.75, 3.05) is 19.5 Å². The van der Waals surface area contributed by atoms with Gasteiger partial charge in [0.05, 0.1) is 30.6 Å². The van der Waals surface area contributed by atoms with Gasteiger partial charge in [-0.2, -0.15) is 0 Å². The molecule has 0 spiro atoms. The van der Waals surface area contributed by atoms with Gasteiger partial charge in [-0.15, -0.1) is 0 Å². The van der Waals surface area contributed by atoms with E-state index in [0.717, 1.165) is 5.69 Å². The van der Waals surface area contributed by atoms with Crippen LogP contribution in [0.25, 0.3) is 0 Å². The summed E-state index contributed by atoms with van der Waals surface area (Å²) in [6.07, 6.45) is 1.62. The maximum Gasteiger partial charge on any atom is 0.144 e. The SMILES string of the molecule is COc1cc(Nc2ccnc(C(N)=S)c2)c(OC)cc1Cl. The van der Waals surface area contributed by atoms with E-state index < -0.39 is 0 Å². The van der Waals surface area contributed by atoms with Gasteiger partial charge in [0.1, 0.15) is 16.5 Å². The Morgan fingerprint density at radius 2 is 1.95 bits per heavy atom. The quantitative estimate of drug-likeness (QED) is 0.824. The molecule has 1 aromatic heterocycles. The molecule has 0 radical (unpaired) electrons. The number of nitrogens with one attached hydrogen (secondary N) is 1. The van der Waals surface area contributed by atoms with Gasteiger partial charge in [-0.1, -0.05) is 23.8 Å².